The van der Waals surface area contributed by atoms with Crippen molar-refractivity contribution in [3.05, 3.63) is 271 Å². The van der Waals surface area contributed by atoms with Gasteiger partial charge in [0.1, 0.15) is 0 Å². The molecule has 2 aliphatic carbocycles. The maximum Gasteiger partial charge on any atom is 0.0746 e. The highest BCUT2D eigenvalue weighted by atomic mass is 32.1. The van der Waals surface area contributed by atoms with Crippen LogP contribution in [0.4, 0.5) is 17.1 Å². The molecule has 1 nitrogen and oxygen atoms in total. The molecular weight excluding hydrogens is 851 g/mol. The van der Waals surface area contributed by atoms with E-state index in [1.165, 1.54) is 125 Å². The largest absolute Gasteiger partial charge is 0.310 e. The van der Waals surface area contributed by atoms with Gasteiger partial charge in [0.15, 0.2) is 0 Å². The number of rotatable bonds is 5. The molecule has 0 atom stereocenters. The van der Waals surface area contributed by atoms with E-state index in [2.05, 4.69) is 254 Å². The summed E-state index contributed by atoms with van der Waals surface area (Å²) in [5.41, 5.74) is 18.2. The second kappa shape index (κ2) is 14.7. The van der Waals surface area contributed by atoms with Crippen LogP contribution in [0.3, 0.4) is 0 Å². The summed E-state index contributed by atoms with van der Waals surface area (Å²) in [6.07, 6.45) is 0. The van der Waals surface area contributed by atoms with E-state index in [0.717, 1.165) is 11.4 Å². The number of thiophene rings is 1. The van der Waals surface area contributed by atoms with E-state index in [4.69, 9.17) is 0 Å². The molecule has 69 heavy (non-hydrogen) atoms. The molecule has 0 unspecified atom stereocenters. The van der Waals surface area contributed by atoms with Crippen molar-refractivity contribution in [1.82, 2.24) is 0 Å². The van der Waals surface area contributed by atoms with Crippen molar-refractivity contribution in [2.45, 2.75) is 5.41 Å². The highest BCUT2D eigenvalue weighted by molar-refractivity contribution is 7.25. The van der Waals surface area contributed by atoms with Crippen molar-refractivity contribution in [1.29, 1.82) is 0 Å². The molecule has 0 amide bonds. The first-order valence-corrected chi connectivity index (χ1v) is 24.7. The maximum absolute atomic E-state index is 2.54. The number of anilines is 3. The Morgan fingerprint density at radius 3 is 1.45 bits per heavy atom. The molecule has 0 aliphatic heterocycles. The molecule has 320 valence electrons. The summed E-state index contributed by atoms with van der Waals surface area (Å²) in [6.45, 7) is 0. The van der Waals surface area contributed by atoms with Gasteiger partial charge in [-0.2, -0.15) is 0 Å². The van der Waals surface area contributed by atoms with Gasteiger partial charge in [0, 0.05) is 37.1 Å². The van der Waals surface area contributed by atoms with E-state index in [9.17, 15) is 0 Å². The fourth-order valence-electron chi connectivity index (χ4n) is 12.5. The second-order valence-corrected chi connectivity index (χ2v) is 19.7. The van der Waals surface area contributed by atoms with Crippen molar-refractivity contribution >= 4 is 80.9 Å². The van der Waals surface area contributed by atoms with E-state index in [1.54, 1.807) is 0 Å². The van der Waals surface area contributed by atoms with Gasteiger partial charge in [0.25, 0.3) is 0 Å². The topological polar surface area (TPSA) is 3.24 Å². The highest BCUT2D eigenvalue weighted by Crippen LogP contribution is 2.65. The van der Waals surface area contributed by atoms with Crippen LogP contribution >= 0.6 is 11.3 Å². The number of nitrogens with zero attached hydrogens (tertiary/aromatic N) is 1. The zero-order chi connectivity index (χ0) is 45.2. The van der Waals surface area contributed by atoms with Crippen molar-refractivity contribution in [3.63, 3.8) is 0 Å². The molecule has 2 aliphatic rings. The lowest BCUT2D eigenvalue weighted by molar-refractivity contribution is 0.793. The zero-order valence-electron chi connectivity index (χ0n) is 37.5. The minimum Gasteiger partial charge on any atom is -0.310 e. The van der Waals surface area contributed by atoms with Gasteiger partial charge in [0.05, 0.1) is 11.1 Å². The molecule has 0 bridgehead atoms. The average molecular weight is 892 g/mol. The summed E-state index contributed by atoms with van der Waals surface area (Å²) < 4.78 is 2.64. The summed E-state index contributed by atoms with van der Waals surface area (Å²) in [4.78, 5) is 2.54. The van der Waals surface area contributed by atoms with Gasteiger partial charge in [0.2, 0.25) is 0 Å². The first-order valence-electron chi connectivity index (χ1n) is 23.9. The van der Waals surface area contributed by atoms with Crippen LogP contribution in [0.2, 0.25) is 0 Å². The maximum atomic E-state index is 2.54. The van der Waals surface area contributed by atoms with E-state index < -0.39 is 5.41 Å². The Labute approximate surface area is 404 Å². The average Bonchev–Trinajstić information content (AvgIpc) is 4.06. The number of hydrogen-bond donors (Lipinski definition) is 0. The van der Waals surface area contributed by atoms with Gasteiger partial charge in [-0.1, -0.05) is 200 Å². The first kappa shape index (κ1) is 38.5. The van der Waals surface area contributed by atoms with Gasteiger partial charge >= 0.3 is 0 Å². The van der Waals surface area contributed by atoms with Gasteiger partial charge in [-0.3, -0.25) is 0 Å². The molecular formula is C67H41NS. The minimum absolute atomic E-state index is 0.523. The van der Waals surface area contributed by atoms with Crippen molar-refractivity contribution in [2.24, 2.45) is 0 Å². The third-order valence-corrected chi connectivity index (χ3v) is 16.4. The summed E-state index contributed by atoms with van der Waals surface area (Å²) >= 11 is 1.87. The Balaban J connectivity index is 0.963. The molecule has 0 saturated carbocycles. The smallest absolute Gasteiger partial charge is 0.0746 e. The monoisotopic (exact) mass is 891 g/mol. The molecule has 0 N–H and O–H groups in total. The molecule has 1 aromatic heterocycles. The van der Waals surface area contributed by atoms with Gasteiger partial charge in [-0.25, -0.2) is 0 Å². The molecule has 1 heterocycles. The fourth-order valence-corrected chi connectivity index (χ4v) is 13.6. The molecule has 0 fully saturated rings. The van der Waals surface area contributed by atoms with Crippen LogP contribution in [0, 0.1) is 0 Å². The second-order valence-electron chi connectivity index (χ2n) is 18.6. The van der Waals surface area contributed by atoms with Crippen LogP contribution < -0.4 is 4.90 Å². The van der Waals surface area contributed by atoms with E-state index >= 15 is 0 Å². The Morgan fingerprint density at radius 2 is 0.768 bits per heavy atom. The van der Waals surface area contributed by atoms with Crippen LogP contribution in [0.1, 0.15) is 22.3 Å². The quantitative estimate of drug-likeness (QED) is 0.156. The standard InChI is InChI=1S/C67H41NS/c1-2-20-50-48(18-1)49-19-3-4-21-51(49)58-41-46(38-39-52(50)58)68(45-36-34-42(35-37-45)43-16-13-17-44(40-43)47-26-15-33-64-65(47)57-25-8-12-32-63(57)69-64)62-31-14-27-56-55-24-7-11-30-61(55)67(66(56)62)59-28-9-5-22-53(59)54-23-6-10-29-60(54)67/h1-41H. The van der Waals surface area contributed by atoms with Crippen LogP contribution in [-0.2, 0) is 5.41 Å². The summed E-state index contributed by atoms with van der Waals surface area (Å²) in [5.74, 6) is 0. The third kappa shape index (κ3) is 5.41. The Kier molecular flexibility index (Phi) is 8.22. The normalized spacial score (nSPS) is 13.0. The SMILES string of the molecule is c1cc(-c2ccc(N(c3ccc4c5ccccc5c5ccccc5c4c3)c3cccc4c3C3(c5ccccc5-c5ccccc53)c3ccccc3-4)cc2)cc(-c2cccc3sc4ccccc4c23)c1. The molecule has 2 heteroatoms. The predicted octanol–water partition coefficient (Wildman–Crippen LogP) is 18.7. The molecule has 1 spiro atoms. The van der Waals surface area contributed by atoms with E-state index in [1.807, 2.05) is 11.3 Å². The third-order valence-electron chi connectivity index (χ3n) is 15.3. The minimum atomic E-state index is -0.523. The van der Waals surface area contributed by atoms with E-state index in [-0.39, 0.29) is 0 Å². The lowest BCUT2D eigenvalue weighted by atomic mass is 9.70. The Morgan fingerprint density at radius 1 is 0.290 bits per heavy atom. The molecule has 0 saturated heterocycles. The van der Waals surface area contributed by atoms with Crippen molar-refractivity contribution in [2.75, 3.05) is 4.90 Å². The van der Waals surface area contributed by atoms with Crippen molar-refractivity contribution in [3.8, 4) is 44.5 Å². The molecule has 0 radical (unpaired) electrons. The van der Waals surface area contributed by atoms with Crippen LogP contribution in [0.5, 0.6) is 0 Å². The molecule has 13 aromatic rings. The molecule has 15 rings (SSSR count). The first-order chi connectivity index (χ1) is 34.2. The lowest BCUT2D eigenvalue weighted by Gasteiger charge is -2.36. The highest BCUT2D eigenvalue weighted by Gasteiger charge is 2.53. The fraction of sp³-hybridized carbons (Fsp3) is 0.0149. The summed E-state index contributed by atoms with van der Waals surface area (Å²) in [6, 6.07) is 93.2. The van der Waals surface area contributed by atoms with Crippen LogP contribution in [-0.4, -0.2) is 0 Å². The number of hydrogen-bond acceptors (Lipinski definition) is 2. The van der Waals surface area contributed by atoms with Gasteiger partial charge in [-0.15, -0.1) is 11.3 Å². The predicted molar refractivity (Wildman–Crippen MR) is 294 cm³/mol. The Hall–Kier alpha value is -8.56. The lowest BCUT2D eigenvalue weighted by Crippen LogP contribution is -2.28. The summed E-state index contributed by atoms with van der Waals surface area (Å²) in [7, 11) is 0. The zero-order valence-corrected chi connectivity index (χ0v) is 38.3. The van der Waals surface area contributed by atoms with Gasteiger partial charge in [-0.05, 0) is 142 Å². The Bertz CT molecular complexity index is 4170. The molecule has 12 aromatic carbocycles. The van der Waals surface area contributed by atoms with Crippen LogP contribution in [0.15, 0.2) is 249 Å². The summed E-state index contributed by atoms with van der Waals surface area (Å²) in [5, 5.41) is 10.2. The number of fused-ring (bicyclic) bond motifs is 19. The number of benzene rings is 12. The van der Waals surface area contributed by atoms with Gasteiger partial charge < -0.3 is 4.90 Å². The van der Waals surface area contributed by atoms with Crippen LogP contribution in [0.25, 0.3) is 97.0 Å². The van der Waals surface area contributed by atoms with E-state index in [0.29, 0.717) is 0 Å². The van der Waals surface area contributed by atoms with Crippen molar-refractivity contribution < 1.29 is 0 Å².